The molecule has 0 radical (unpaired) electrons. The normalized spacial score (nSPS) is 15.5. The lowest BCUT2D eigenvalue weighted by atomic mass is 9.80. The van der Waals surface area contributed by atoms with E-state index in [4.69, 9.17) is 4.74 Å². The maximum Gasteiger partial charge on any atom is 0.317 e. The average molecular weight is 268 g/mol. The molecule has 100 valence electrons. The lowest BCUT2D eigenvalue weighted by Gasteiger charge is -2.26. The molecule has 1 aliphatic carbocycles. The number of nitrogens with one attached hydrogen (secondary N) is 1. The summed E-state index contributed by atoms with van der Waals surface area (Å²) < 4.78 is 4.96. The van der Waals surface area contributed by atoms with Crippen LogP contribution in [0.3, 0.4) is 0 Å². The van der Waals surface area contributed by atoms with Crippen molar-refractivity contribution in [2.75, 3.05) is 12.4 Å². The molecular weight excluding hydrogens is 248 g/mol. The van der Waals surface area contributed by atoms with Gasteiger partial charge in [0.2, 0.25) is 0 Å². The minimum absolute atomic E-state index is 0.184. The monoisotopic (exact) mass is 268 g/mol. The Morgan fingerprint density at radius 2 is 2.22 bits per heavy atom. The van der Waals surface area contributed by atoms with Gasteiger partial charge in [-0.3, -0.25) is 4.79 Å². The van der Waals surface area contributed by atoms with E-state index in [1.165, 1.54) is 20.0 Å². The largest absolute Gasteiger partial charge is 0.468 e. The molecule has 1 aromatic rings. The molecule has 18 heavy (non-hydrogen) atoms. The van der Waals surface area contributed by atoms with Crippen LogP contribution in [0.1, 0.15) is 45.2 Å². The summed E-state index contributed by atoms with van der Waals surface area (Å²) in [5.74, 6) is -0.184. The van der Waals surface area contributed by atoms with Crippen LogP contribution in [0.2, 0.25) is 0 Å². The molecule has 1 N–H and O–H groups in total. The first-order valence-electron chi connectivity index (χ1n) is 6.47. The van der Waals surface area contributed by atoms with Gasteiger partial charge in [-0.15, -0.1) is 11.3 Å². The summed E-state index contributed by atoms with van der Waals surface area (Å²) in [5, 5.41) is 6.27. The molecular formula is C13H20N2O2S. The highest BCUT2D eigenvalue weighted by molar-refractivity contribution is 7.13. The third-order valence-corrected chi connectivity index (χ3v) is 4.46. The van der Waals surface area contributed by atoms with Gasteiger partial charge in [0.05, 0.1) is 12.8 Å². The third-order valence-electron chi connectivity index (χ3n) is 3.68. The van der Waals surface area contributed by atoms with E-state index in [0.717, 1.165) is 10.8 Å². The Hall–Kier alpha value is -1.10. The Morgan fingerprint density at radius 3 is 2.72 bits per heavy atom. The number of nitrogens with zero attached hydrogens (tertiary/aromatic N) is 1. The number of anilines is 1. The highest BCUT2D eigenvalue weighted by atomic mass is 32.1. The predicted molar refractivity (Wildman–Crippen MR) is 73.0 cm³/mol. The van der Waals surface area contributed by atoms with E-state index in [1.807, 2.05) is 19.2 Å². The van der Waals surface area contributed by atoms with Crippen molar-refractivity contribution >= 4 is 22.4 Å². The molecule has 4 nitrogen and oxygen atoms in total. The van der Waals surface area contributed by atoms with Gasteiger partial charge in [-0.25, -0.2) is 4.98 Å². The minimum Gasteiger partial charge on any atom is -0.468 e. The summed E-state index contributed by atoms with van der Waals surface area (Å²) in [6.45, 7) is 4.02. The second-order valence-corrected chi connectivity index (χ2v) is 5.60. The number of hydrogen-bond acceptors (Lipinski definition) is 5. The van der Waals surface area contributed by atoms with Gasteiger partial charge in [-0.1, -0.05) is 13.8 Å². The first-order chi connectivity index (χ1) is 8.66. The van der Waals surface area contributed by atoms with Crippen molar-refractivity contribution in [3.63, 3.8) is 0 Å². The molecule has 0 aromatic carbocycles. The second kappa shape index (κ2) is 5.26. The van der Waals surface area contributed by atoms with Crippen LogP contribution in [0.25, 0.3) is 0 Å². The van der Waals surface area contributed by atoms with Crippen molar-refractivity contribution in [2.45, 2.75) is 51.0 Å². The standard InChI is InChI=1S/C13H20N2O2S/c1-4-13(5-2,11(16)17-3)10-8-18-12(15-10)14-9-6-7-9/h8-9H,4-7H2,1-3H3,(H,14,15). The summed E-state index contributed by atoms with van der Waals surface area (Å²) in [7, 11) is 1.44. The van der Waals surface area contributed by atoms with Crippen molar-refractivity contribution in [3.8, 4) is 0 Å². The quantitative estimate of drug-likeness (QED) is 0.806. The number of hydrogen-bond donors (Lipinski definition) is 1. The molecule has 0 aliphatic heterocycles. The van der Waals surface area contributed by atoms with Gasteiger partial charge in [-0.05, 0) is 25.7 Å². The molecule has 0 atom stereocenters. The van der Waals surface area contributed by atoms with Gasteiger partial charge in [0, 0.05) is 11.4 Å². The van der Waals surface area contributed by atoms with Gasteiger partial charge >= 0.3 is 5.97 Å². The van der Waals surface area contributed by atoms with Gasteiger partial charge in [0.15, 0.2) is 5.13 Å². The summed E-state index contributed by atoms with van der Waals surface area (Å²) in [6, 6.07) is 0.583. The molecule has 5 heteroatoms. The fraction of sp³-hybridized carbons (Fsp3) is 0.692. The van der Waals surface area contributed by atoms with E-state index in [2.05, 4.69) is 10.3 Å². The summed E-state index contributed by atoms with van der Waals surface area (Å²) in [4.78, 5) is 16.6. The smallest absolute Gasteiger partial charge is 0.317 e. The van der Waals surface area contributed by atoms with Crippen molar-refractivity contribution in [1.29, 1.82) is 0 Å². The predicted octanol–water partition coefficient (Wildman–Crippen LogP) is 2.95. The molecule has 0 amide bonds. The van der Waals surface area contributed by atoms with Crippen molar-refractivity contribution < 1.29 is 9.53 Å². The van der Waals surface area contributed by atoms with Gasteiger partial charge < -0.3 is 10.1 Å². The van der Waals surface area contributed by atoms with Crippen molar-refractivity contribution in [3.05, 3.63) is 11.1 Å². The lowest BCUT2D eigenvalue weighted by molar-refractivity contribution is -0.148. The number of aromatic nitrogens is 1. The van der Waals surface area contributed by atoms with E-state index in [0.29, 0.717) is 18.9 Å². The molecule has 1 heterocycles. The number of rotatable bonds is 6. The highest BCUT2D eigenvalue weighted by Gasteiger charge is 2.40. The molecule has 1 aromatic heterocycles. The van der Waals surface area contributed by atoms with Crippen LogP contribution in [0, 0.1) is 0 Å². The Bertz CT molecular complexity index is 422. The number of methoxy groups -OCH3 is 1. The maximum atomic E-state index is 12.1. The Labute approximate surface area is 112 Å². The van der Waals surface area contributed by atoms with E-state index < -0.39 is 5.41 Å². The zero-order valence-corrected chi connectivity index (χ0v) is 12.0. The number of carbonyl (C=O) groups excluding carboxylic acids is 1. The highest BCUT2D eigenvalue weighted by Crippen LogP contribution is 2.36. The van der Waals surface area contributed by atoms with Crippen LogP contribution < -0.4 is 5.32 Å². The molecule has 1 saturated carbocycles. The number of esters is 1. The lowest BCUT2D eigenvalue weighted by Crippen LogP contribution is -2.36. The third kappa shape index (κ3) is 2.36. The van der Waals surface area contributed by atoms with Crippen LogP contribution in [0.4, 0.5) is 5.13 Å². The molecule has 1 aliphatic rings. The average Bonchev–Trinajstić information content (AvgIpc) is 3.08. The van der Waals surface area contributed by atoms with Crippen molar-refractivity contribution in [1.82, 2.24) is 4.98 Å². The molecule has 2 rings (SSSR count). The van der Waals surface area contributed by atoms with Crippen LogP contribution in [-0.2, 0) is 14.9 Å². The SMILES string of the molecule is CCC(CC)(C(=O)OC)c1csc(NC2CC2)n1. The zero-order valence-electron chi connectivity index (χ0n) is 11.2. The zero-order chi connectivity index (χ0) is 13.2. The van der Waals surface area contributed by atoms with E-state index in [1.54, 1.807) is 11.3 Å². The Kier molecular flexibility index (Phi) is 3.90. The Morgan fingerprint density at radius 1 is 1.56 bits per heavy atom. The number of ether oxygens (including phenoxy) is 1. The Balaban J connectivity index is 2.23. The first-order valence-corrected chi connectivity index (χ1v) is 7.35. The van der Waals surface area contributed by atoms with Crippen LogP contribution >= 0.6 is 11.3 Å². The summed E-state index contributed by atoms with van der Waals surface area (Å²) in [5.41, 5.74) is 0.252. The molecule has 0 saturated heterocycles. The summed E-state index contributed by atoms with van der Waals surface area (Å²) in [6.07, 6.45) is 3.86. The van der Waals surface area contributed by atoms with Gasteiger partial charge in [-0.2, -0.15) is 0 Å². The number of carbonyl (C=O) groups is 1. The number of thiazole rings is 1. The van der Waals surface area contributed by atoms with E-state index in [-0.39, 0.29) is 5.97 Å². The van der Waals surface area contributed by atoms with Crippen molar-refractivity contribution in [2.24, 2.45) is 0 Å². The second-order valence-electron chi connectivity index (χ2n) is 4.74. The minimum atomic E-state index is -0.589. The first kappa shape index (κ1) is 13.3. The fourth-order valence-corrected chi connectivity index (χ4v) is 3.05. The van der Waals surface area contributed by atoms with E-state index in [9.17, 15) is 4.79 Å². The topological polar surface area (TPSA) is 51.2 Å². The molecule has 0 bridgehead atoms. The van der Waals surface area contributed by atoms with Crippen LogP contribution in [0.15, 0.2) is 5.38 Å². The maximum absolute atomic E-state index is 12.1. The fourth-order valence-electron chi connectivity index (χ4n) is 2.16. The van der Waals surface area contributed by atoms with Gasteiger partial charge in [0.1, 0.15) is 5.41 Å². The summed E-state index contributed by atoms with van der Waals surface area (Å²) >= 11 is 1.57. The molecule has 1 fully saturated rings. The van der Waals surface area contributed by atoms with Crippen LogP contribution in [-0.4, -0.2) is 24.1 Å². The van der Waals surface area contributed by atoms with E-state index >= 15 is 0 Å². The van der Waals surface area contributed by atoms with Gasteiger partial charge in [0.25, 0.3) is 0 Å². The molecule has 0 unspecified atom stereocenters. The van der Waals surface area contributed by atoms with Crippen LogP contribution in [0.5, 0.6) is 0 Å². The molecule has 0 spiro atoms.